The molecule has 3 nitrogen and oxygen atoms in total. The summed E-state index contributed by atoms with van der Waals surface area (Å²) in [6, 6.07) is 0.388. The fraction of sp³-hybridized carbons (Fsp3) is 1.00. The van der Waals surface area contributed by atoms with Crippen LogP contribution in [-0.4, -0.2) is 48.0 Å². The first-order chi connectivity index (χ1) is 7.27. The second kappa shape index (κ2) is 5.28. The standard InChI is InChI=1S/C12H23NO2/c1-10-9-13(7-8-15-10)11-5-3-2-4-6-12(11)14/h10-12,14H,2-9H2,1H3. The SMILES string of the molecule is CC1CN(C2CCCCCC2O)CCO1. The van der Waals surface area contributed by atoms with Crippen LogP contribution in [-0.2, 0) is 4.74 Å². The van der Waals surface area contributed by atoms with E-state index in [9.17, 15) is 5.11 Å². The van der Waals surface area contributed by atoms with Crippen LogP contribution in [0.15, 0.2) is 0 Å². The quantitative estimate of drug-likeness (QED) is 0.668. The monoisotopic (exact) mass is 213 g/mol. The number of hydrogen-bond acceptors (Lipinski definition) is 3. The van der Waals surface area contributed by atoms with Crippen LogP contribution in [0.5, 0.6) is 0 Å². The van der Waals surface area contributed by atoms with Crippen LogP contribution in [0, 0.1) is 0 Å². The van der Waals surface area contributed by atoms with Gasteiger partial charge < -0.3 is 9.84 Å². The highest BCUT2D eigenvalue weighted by atomic mass is 16.5. The van der Waals surface area contributed by atoms with Gasteiger partial charge in [0.25, 0.3) is 0 Å². The topological polar surface area (TPSA) is 32.7 Å². The van der Waals surface area contributed by atoms with Crippen LogP contribution < -0.4 is 0 Å². The number of rotatable bonds is 1. The molecule has 3 unspecified atom stereocenters. The number of nitrogens with zero attached hydrogens (tertiary/aromatic N) is 1. The predicted molar refractivity (Wildman–Crippen MR) is 59.9 cm³/mol. The van der Waals surface area contributed by atoms with Gasteiger partial charge in [0.2, 0.25) is 0 Å². The molecule has 1 saturated carbocycles. The zero-order valence-corrected chi connectivity index (χ0v) is 9.69. The van der Waals surface area contributed by atoms with Crippen LogP contribution in [0.2, 0.25) is 0 Å². The van der Waals surface area contributed by atoms with Crippen molar-refractivity contribution in [2.45, 2.75) is 57.3 Å². The van der Waals surface area contributed by atoms with Crippen molar-refractivity contribution in [2.24, 2.45) is 0 Å². The number of aliphatic hydroxyl groups excluding tert-OH is 1. The summed E-state index contributed by atoms with van der Waals surface area (Å²) in [5.41, 5.74) is 0. The molecule has 1 N–H and O–H groups in total. The van der Waals surface area contributed by atoms with Crippen molar-refractivity contribution in [3.05, 3.63) is 0 Å². The first kappa shape index (κ1) is 11.4. The number of hydrogen-bond donors (Lipinski definition) is 1. The zero-order valence-electron chi connectivity index (χ0n) is 9.69. The average Bonchev–Trinajstić information content (AvgIpc) is 2.43. The van der Waals surface area contributed by atoms with Gasteiger partial charge in [0.15, 0.2) is 0 Å². The first-order valence-electron chi connectivity index (χ1n) is 6.31. The Bertz CT molecular complexity index is 198. The molecule has 2 rings (SSSR count). The van der Waals surface area contributed by atoms with Crippen molar-refractivity contribution in [3.8, 4) is 0 Å². The molecule has 0 bridgehead atoms. The molecule has 0 aromatic carbocycles. The maximum Gasteiger partial charge on any atom is 0.0695 e. The van der Waals surface area contributed by atoms with E-state index in [2.05, 4.69) is 11.8 Å². The van der Waals surface area contributed by atoms with E-state index in [1.54, 1.807) is 0 Å². The second-order valence-corrected chi connectivity index (χ2v) is 4.95. The summed E-state index contributed by atoms with van der Waals surface area (Å²) in [5.74, 6) is 0. The Hall–Kier alpha value is -0.120. The molecule has 0 radical (unpaired) electrons. The smallest absolute Gasteiger partial charge is 0.0695 e. The van der Waals surface area contributed by atoms with E-state index in [-0.39, 0.29) is 6.10 Å². The lowest BCUT2D eigenvalue weighted by molar-refractivity contribution is -0.0588. The zero-order chi connectivity index (χ0) is 10.7. The molecule has 1 aliphatic carbocycles. The van der Waals surface area contributed by atoms with E-state index < -0.39 is 0 Å². The molecule has 0 amide bonds. The maximum atomic E-state index is 10.1. The Morgan fingerprint density at radius 1 is 1.20 bits per heavy atom. The molecule has 0 spiro atoms. The van der Waals surface area contributed by atoms with Crippen molar-refractivity contribution in [2.75, 3.05) is 19.7 Å². The van der Waals surface area contributed by atoms with Gasteiger partial charge in [-0.2, -0.15) is 0 Å². The van der Waals surface area contributed by atoms with Crippen molar-refractivity contribution in [3.63, 3.8) is 0 Å². The van der Waals surface area contributed by atoms with E-state index in [0.717, 1.165) is 32.5 Å². The minimum atomic E-state index is -0.113. The van der Waals surface area contributed by atoms with Gasteiger partial charge in [0, 0.05) is 19.1 Å². The van der Waals surface area contributed by atoms with Crippen LogP contribution in [0.3, 0.4) is 0 Å². The van der Waals surface area contributed by atoms with Gasteiger partial charge in [-0.3, -0.25) is 4.90 Å². The molecule has 1 heterocycles. The summed E-state index contributed by atoms with van der Waals surface area (Å²) in [7, 11) is 0. The van der Waals surface area contributed by atoms with E-state index in [0.29, 0.717) is 12.1 Å². The molecule has 1 aliphatic heterocycles. The molecule has 3 atom stereocenters. The third kappa shape index (κ3) is 2.92. The van der Waals surface area contributed by atoms with Crippen molar-refractivity contribution in [1.82, 2.24) is 4.90 Å². The van der Waals surface area contributed by atoms with Gasteiger partial charge in [0.05, 0.1) is 18.8 Å². The minimum Gasteiger partial charge on any atom is -0.391 e. The molecule has 15 heavy (non-hydrogen) atoms. The Kier molecular flexibility index (Phi) is 4.00. The molecule has 1 saturated heterocycles. The summed E-state index contributed by atoms with van der Waals surface area (Å²) in [5, 5.41) is 10.1. The molecular formula is C12H23NO2. The highest BCUT2D eigenvalue weighted by Crippen LogP contribution is 2.23. The number of morpholine rings is 1. The second-order valence-electron chi connectivity index (χ2n) is 4.95. The average molecular weight is 213 g/mol. The summed E-state index contributed by atoms with van der Waals surface area (Å²) < 4.78 is 5.54. The predicted octanol–water partition coefficient (Wildman–Crippen LogP) is 1.40. The number of ether oxygens (including phenoxy) is 1. The van der Waals surface area contributed by atoms with E-state index >= 15 is 0 Å². The van der Waals surface area contributed by atoms with Crippen molar-refractivity contribution >= 4 is 0 Å². The highest BCUT2D eigenvalue weighted by molar-refractivity contribution is 4.84. The third-order valence-corrected chi connectivity index (χ3v) is 3.69. The van der Waals surface area contributed by atoms with E-state index in [4.69, 9.17) is 4.74 Å². The van der Waals surface area contributed by atoms with Crippen LogP contribution in [0.4, 0.5) is 0 Å². The summed E-state index contributed by atoms with van der Waals surface area (Å²) in [4.78, 5) is 2.43. The van der Waals surface area contributed by atoms with Gasteiger partial charge in [-0.1, -0.05) is 19.3 Å². The molecule has 2 fully saturated rings. The Labute approximate surface area is 92.4 Å². The first-order valence-corrected chi connectivity index (χ1v) is 6.31. The third-order valence-electron chi connectivity index (χ3n) is 3.69. The Morgan fingerprint density at radius 3 is 2.80 bits per heavy atom. The van der Waals surface area contributed by atoms with Gasteiger partial charge >= 0.3 is 0 Å². The molecule has 0 aromatic heterocycles. The van der Waals surface area contributed by atoms with Gasteiger partial charge in [-0.05, 0) is 19.8 Å². The lowest BCUT2D eigenvalue weighted by Crippen LogP contribution is -2.51. The summed E-state index contributed by atoms with van der Waals surface area (Å²) in [6.07, 6.45) is 6.11. The molecule has 3 heteroatoms. The lowest BCUT2D eigenvalue weighted by Gasteiger charge is -2.38. The fourth-order valence-corrected chi connectivity index (χ4v) is 2.84. The normalized spacial score (nSPS) is 40.0. The van der Waals surface area contributed by atoms with Gasteiger partial charge in [0.1, 0.15) is 0 Å². The Morgan fingerprint density at radius 2 is 2.00 bits per heavy atom. The lowest BCUT2D eigenvalue weighted by atomic mass is 10.0. The van der Waals surface area contributed by atoms with Crippen LogP contribution in [0.25, 0.3) is 0 Å². The number of aliphatic hydroxyl groups is 1. The molecular weight excluding hydrogens is 190 g/mol. The molecule has 88 valence electrons. The van der Waals surface area contributed by atoms with E-state index in [1.165, 1.54) is 19.3 Å². The van der Waals surface area contributed by atoms with Gasteiger partial charge in [-0.25, -0.2) is 0 Å². The van der Waals surface area contributed by atoms with Crippen LogP contribution in [0.1, 0.15) is 39.0 Å². The largest absolute Gasteiger partial charge is 0.391 e. The summed E-state index contributed by atoms with van der Waals surface area (Å²) in [6.45, 7) is 4.92. The van der Waals surface area contributed by atoms with Gasteiger partial charge in [-0.15, -0.1) is 0 Å². The van der Waals surface area contributed by atoms with E-state index in [1.807, 2.05) is 0 Å². The van der Waals surface area contributed by atoms with Crippen molar-refractivity contribution < 1.29 is 9.84 Å². The highest BCUT2D eigenvalue weighted by Gasteiger charge is 2.30. The summed E-state index contributed by atoms with van der Waals surface area (Å²) >= 11 is 0. The maximum absolute atomic E-state index is 10.1. The van der Waals surface area contributed by atoms with Crippen molar-refractivity contribution in [1.29, 1.82) is 0 Å². The Balaban J connectivity index is 1.94. The van der Waals surface area contributed by atoms with Crippen LogP contribution >= 0.6 is 0 Å². The fourth-order valence-electron chi connectivity index (χ4n) is 2.84. The minimum absolute atomic E-state index is 0.113. The molecule has 2 aliphatic rings. The molecule has 0 aromatic rings.